The molecule has 0 unspecified atom stereocenters. The van der Waals surface area contributed by atoms with E-state index >= 15 is 0 Å². The average Bonchev–Trinajstić information content (AvgIpc) is 3.43. The lowest BCUT2D eigenvalue weighted by Crippen LogP contribution is -2.46. The molecule has 8 nitrogen and oxygen atoms in total. The number of nitrogens with one attached hydrogen (secondary N) is 2. The van der Waals surface area contributed by atoms with Gasteiger partial charge in [0.25, 0.3) is 11.8 Å². The molecule has 0 spiro atoms. The van der Waals surface area contributed by atoms with Crippen molar-refractivity contribution >= 4 is 29.5 Å². The zero-order valence-corrected chi connectivity index (χ0v) is 14.4. The lowest BCUT2D eigenvalue weighted by molar-refractivity contribution is -0.150. The highest BCUT2D eigenvalue weighted by Gasteiger charge is 2.56. The number of rotatable bonds is 6. The maximum absolute atomic E-state index is 13.5. The van der Waals surface area contributed by atoms with Gasteiger partial charge in [-0.05, 0) is 37.8 Å². The van der Waals surface area contributed by atoms with Gasteiger partial charge >= 0.3 is 12.0 Å². The molecule has 0 bridgehead atoms. The van der Waals surface area contributed by atoms with Crippen molar-refractivity contribution < 1.29 is 32.7 Å². The quantitative estimate of drug-likeness (QED) is 0.569. The molecule has 0 radical (unpaired) electrons. The molecule has 2 aliphatic rings. The topological polar surface area (TPSA) is 105 Å². The largest absolute Gasteiger partial charge is 0.454 e. The maximum Gasteiger partial charge on any atom is 0.326 e. The number of esters is 1. The van der Waals surface area contributed by atoms with Crippen molar-refractivity contribution in [3.63, 3.8) is 0 Å². The molecule has 1 aliphatic carbocycles. The van der Waals surface area contributed by atoms with E-state index in [1.54, 1.807) is 6.92 Å². The van der Waals surface area contributed by atoms with Gasteiger partial charge in [0.15, 0.2) is 6.61 Å². The fourth-order valence-electron chi connectivity index (χ4n) is 2.90. The van der Waals surface area contributed by atoms with Crippen LogP contribution >= 0.6 is 0 Å². The van der Waals surface area contributed by atoms with E-state index in [2.05, 4.69) is 10.6 Å². The molecule has 1 heterocycles. The molecular weight excluding hydrogens is 364 g/mol. The van der Waals surface area contributed by atoms with Gasteiger partial charge in [0.2, 0.25) is 0 Å². The number of urea groups is 1. The number of carbonyl (C=O) groups excluding carboxylic acids is 4. The predicted molar refractivity (Wildman–Crippen MR) is 87.3 cm³/mol. The highest BCUT2D eigenvalue weighted by Crippen LogP contribution is 2.42. The maximum atomic E-state index is 13.5. The normalized spacial score (nSPS) is 21.8. The Morgan fingerprint density at radius 3 is 2.70 bits per heavy atom. The highest BCUT2D eigenvalue weighted by molar-refractivity contribution is 6.09. The van der Waals surface area contributed by atoms with Crippen LogP contribution in [0.25, 0.3) is 0 Å². The Kier molecular flexibility index (Phi) is 4.81. The van der Waals surface area contributed by atoms with Gasteiger partial charge in [0, 0.05) is 6.07 Å². The van der Waals surface area contributed by atoms with Gasteiger partial charge in [-0.2, -0.15) is 0 Å². The Morgan fingerprint density at radius 2 is 2.04 bits per heavy atom. The van der Waals surface area contributed by atoms with Crippen molar-refractivity contribution in [3.8, 4) is 0 Å². The van der Waals surface area contributed by atoms with Crippen molar-refractivity contribution in [2.75, 3.05) is 18.5 Å². The zero-order valence-electron chi connectivity index (χ0n) is 14.4. The number of hydrogen-bond donors (Lipinski definition) is 2. The summed E-state index contributed by atoms with van der Waals surface area (Å²) in [7, 11) is 0. The fourth-order valence-corrected chi connectivity index (χ4v) is 2.90. The smallest absolute Gasteiger partial charge is 0.326 e. The molecule has 3 rings (SSSR count). The first kappa shape index (κ1) is 18.7. The SMILES string of the molecule is C[C@]1(C2CC2)NC(=O)N(CC(=O)OCC(=O)Nc2cc(F)ccc2F)C1=O. The highest BCUT2D eigenvalue weighted by atomic mass is 19.1. The lowest BCUT2D eigenvalue weighted by atomic mass is 9.96. The van der Waals surface area contributed by atoms with Crippen LogP contribution in [0.2, 0.25) is 0 Å². The van der Waals surface area contributed by atoms with Crippen molar-refractivity contribution in [1.82, 2.24) is 10.2 Å². The minimum Gasteiger partial charge on any atom is -0.454 e. The number of benzene rings is 1. The van der Waals surface area contributed by atoms with Crippen LogP contribution in [0, 0.1) is 17.6 Å². The monoisotopic (exact) mass is 381 g/mol. The van der Waals surface area contributed by atoms with Gasteiger partial charge in [-0.3, -0.25) is 19.3 Å². The summed E-state index contributed by atoms with van der Waals surface area (Å²) in [6.45, 7) is 0.185. The van der Waals surface area contributed by atoms with Gasteiger partial charge in [0.05, 0.1) is 5.69 Å². The molecule has 0 aromatic heterocycles. The van der Waals surface area contributed by atoms with E-state index in [-0.39, 0.29) is 5.92 Å². The predicted octanol–water partition coefficient (Wildman–Crippen LogP) is 1.17. The standard InChI is InChI=1S/C17H17F2N3O5/c1-17(9-2-3-9)15(25)22(16(26)21-17)7-14(24)27-8-13(23)20-12-6-10(18)4-5-11(12)19/h4-6,9H,2-3,7-8H2,1H3,(H,20,23)(H,21,26)/t17-/m1/s1. The van der Waals surface area contributed by atoms with Gasteiger partial charge in [-0.1, -0.05) is 0 Å². The Balaban J connectivity index is 1.51. The molecule has 1 aliphatic heterocycles. The molecule has 2 N–H and O–H groups in total. The van der Waals surface area contributed by atoms with Crippen LogP contribution in [0.15, 0.2) is 18.2 Å². The third-order valence-corrected chi connectivity index (χ3v) is 4.55. The number of amides is 4. The Morgan fingerprint density at radius 1 is 1.33 bits per heavy atom. The van der Waals surface area contributed by atoms with E-state index in [1.807, 2.05) is 0 Å². The summed E-state index contributed by atoms with van der Waals surface area (Å²) in [5.41, 5.74) is -1.42. The van der Waals surface area contributed by atoms with Crippen molar-refractivity contribution in [1.29, 1.82) is 0 Å². The molecule has 1 saturated heterocycles. The minimum atomic E-state index is -1.02. The van der Waals surface area contributed by atoms with Crippen molar-refractivity contribution in [3.05, 3.63) is 29.8 Å². The zero-order chi connectivity index (χ0) is 19.8. The van der Waals surface area contributed by atoms with Crippen molar-refractivity contribution in [2.24, 2.45) is 5.92 Å². The van der Waals surface area contributed by atoms with E-state index in [0.29, 0.717) is 0 Å². The first-order valence-electron chi connectivity index (χ1n) is 8.25. The van der Waals surface area contributed by atoms with Gasteiger partial charge < -0.3 is 15.4 Å². The number of ether oxygens (including phenoxy) is 1. The first-order chi connectivity index (χ1) is 12.7. The van der Waals surface area contributed by atoms with Gasteiger partial charge in [-0.25, -0.2) is 13.6 Å². The van der Waals surface area contributed by atoms with Crippen LogP contribution in [0.1, 0.15) is 19.8 Å². The van der Waals surface area contributed by atoms with Gasteiger partial charge in [0.1, 0.15) is 23.7 Å². The summed E-state index contributed by atoms with van der Waals surface area (Å²) in [6, 6.07) is 1.81. The molecule has 144 valence electrons. The molecule has 1 atom stereocenters. The number of imide groups is 1. The Hall–Kier alpha value is -3.04. The summed E-state index contributed by atoms with van der Waals surface area (Å²) in [4.78, 5) is 48.6. The molecule has 1 aromatic carbocycles. The molecule has 10 heteroatoms. The van der Waals surface area contributed by atoms with E-state index in [1.165, 1.54) is 0 Å². The number of carbonyl (C=O) groups is 4. The lowest BCUT2D eigenvalue weighted by Gasteiger charge is -2.20. The summed E-state index contributed by atoms with van der Waals surface area (Å²) in [5.74, 6) is -3.95. The van der Waals surface area contributed by atoms with Crippen LogP contribution in [-0.2, 0) is 19.1 Å². The summed E-state index contributed by atoms with van der Waals surface area (Å²) >= 11 is 0. The molecule has 1 saturated carbocycles. The number of halogens is 2. The average molecular weight is 381 g/mol. The second-order valence-corrected chi connectivity index (χ2v) is 6.63. The van der Waals surface area contributed by atoms with Crippen LogP contribution in [0.4, 0.5) is 19.3 Å². The Labute approximate surface area is 152 Å². The van der Waals surface area contributed by atoms with Gasteiger partial charge in [-0.15, -0.1) is 0 Å². The number of hydrogen-bond acceptors (Lipinski definition) is 5. The van der Waals surface area contributed by atoms with Crippen LogP contribution in [-0.4, -0.2) is 47.4 Å². The molecule has 1 aromatic rings. The van der Waals surface area contributed by atoms with E-state index in [4.69, 9.17) is 4.74 Å². The second kappa shape index (κ2) is 6.93. The van der Waals surface area contributed by atoms with Crippen LogP contribution in [0.3, 0.4) is 0 Å². The van der Waals surface area contributed by atoms with E-state index in [0.717, 1.165) is 35.9 Å². The number of anilines is 1. The molecular formula is C17H17F2N3O5. The molecule has 27 heavy (non-hydrogen) atoms. The summed E-state index contributed by atoms with van der Waals surface area (Å²) in [5, 5.41) is 4.64. The van der Waals surface area contributed by atoms with Crippen LogP contribution in [0.5, 0.6) is 0 Å². The van der Waals surface area contributed by atoms with E-state index < -0.39 is 59.8 Å². The second-order valence-electron chi connectivity index (χ2n) is 6.63. The third kappa shape index (κ3) is 3.88. The minimum absolute atomic E-state index is 0.0434. The number of nitrogens with zero attached hydrogens (tertiary/aromatic N) is 1. The van der Waals surface area contributed by atoms with Crippen molar-refractivity contribution in [2.45, 2.75) is 25.3 Å². The Bertz CT molecular complexity index is 827. The fraction of sp³-hybridized carbons (Fsp3) is 0.412. The first-order valence-corrected chi connectivity index (χ1v) is 8.25. The third-order valence-electron chi connectivity index (χ3n) is 4.55. The summed E-state index contributed by atoms with van der Waals surface area (Å²) in [6.07, 6.45) is 1.63. The molecule has 2 fully saturated rings. The van der Waals surface area contributed by atoms with Crippen LogP contribution < -0.4 is 10.6 Å². The molecule has 4 amide bonds. The van der Waals surface area contributed by atoms with E-state index in [9.17, 15) is 28.0 Å². The summed E-state index contributed by atoms with van der Waals surface area (Å²) < 4.78 is 31.2.